The number of rotatable bonds is 2. The van der Waals surface area contributed by atoms with Crippen LogP contribution in [0.5, 0.6) is 0 Å². The molecule has 0 fully saturated rings. The lowest BCUT2D eigenvalue weighted by molar-refractivity contribution is 0.0598. The van der Waals surface area contributed by atoms with Crippen LogP contribution in [-0.2, 0) is 6.54 Å². The fourth-order valence-corrected chi connectivity index (χ4v) is 3.79. The molecule has 4 rings (SSSR count). The van der Waals surface area contributed by atoms with Crippen molar-refractivity contribution in [2.75, 3.05) is 0 Å². The number of imide groups is 1. The van der Waals surface area contributed by atoms with Gasteiger partial charge in [0.15, 0.2) is 0 Å². The van der Waals surface area contributed by atoms with E-state index in [1.54, 1.807) is 18.3 Å². The smallest absolute Gasteiger partial charge is 0.261 e. The average Bonchev–Trinajstić information content (AvgIpc) is 3.03. The van der Waals surface area contributed by atoms with Gasteiger partial charge in [0.25, 0.3) is 11.8 Å². The van der Waals surface area contributed by atoms with Crippen molar-refractivity contribution in [3.05, 3.63) is 62.5 Å². The Morgan fingerprint density at radius 1 is 1.09 bits per heavy atom. The summed E-state index contributed by atoms with van der Waals surface area (Å²) < 4.78 is 0.877. The first-order chi connectivity index (χ1) is 10.7. The number of hydrogen-bond acceptors (Lipinski definition) is 4. The monoisotopic (exact) mass is 372 g/mol. The van der Waals surface area contributed by atoms with Gasteiger partial charge in [-0.1, -0.05) is 28.1 Å². The van der Waals surface area contributed by atoms with Gasteiger partial charge in [0.05, 0.1) is 6.54 Å². The second-order valence-corrected chi connectivity index (χ2v) is 6.78. The quantitative estimate of drug-likeness (QED) is 0.641. The molecule has 3 aromatic rings. The third-order valence-electron chi connectivity index (χ3n) is 3.72. The second-order valence-electron chi connectivity index (χ2n) is 4.95. The molecule has 22 heavy (non-hydrogen) atoms. The SMILES string of the molecule is O=C1c2cccc3c(Br)ccc(c23)C(=O)N1Cc1nccs1. The summed E-state index contributed by atoms with van der Waals surface area (Å²) in [4.78, 5) is 30.9. The van der Waals surface area contributed by atoms with Gasteiger partial charge in [-0.25, -0.2) is 4.98 Å². The average molecular weight is 373 g/mol. The van der Waals surface area contributed by atoms with Crippen LogP contribution in [0.4, 0.5) is 0 Å². The molecule has 0 unspecified atom stereocenters. The number of thiazole rings is 1. The highest BCUT2D eigenvalue weighted by Crippen LogP contribution is 2.34. The van der Waals surface area contributed by atoms with Gasteiger partial charge in [-0.15, -0.1) is 11.3 Å². The summed E-state index contributed by atoms with van der Waals surface area (Å²) in [6.45, 7) is 0.210. The maximum atomic E-state index is 12.7. The molecule has 0 saturated carbocycles. The molecule has 0 radical (unpaired) electrons. The number of carbonyl (C=O) groups excluding carboxylic acids is 2. The molecular weight excluding hydrogens is 364 g/mol. The van der Waals surface area contributed by atoms with Crippen LogP contribution >= 0.6 is 27.3 Å². The molecule has 0 N–H and O–H groups in total. The third kappa shape index (κ3) is 1.91. The molecule has 4 nitrogen and oxygen atoms in total. The molecular formula is C16H9BrN2O2S. The van der Waals surface area contributed by atoms with Crippen molar-refractivity contribution in [1.82, 2.24) is 9.88 Å². The Hall–Kier alpha value is -2.05. The van der Waals surface area contributed by atoms with Crippen molar-refractivity contribution < 1.29 is 9.59 Å². The molecule has 0 atom stereocenters. The summed E-state index contributed by atoms with van der Waals surface area (Å²) in [7, 11) is 0. The van der Waals surface area contributed by atoms with E-state index >= 15 is 0 Å². The summed E-state index contributed by atoms with van der Waals surface area (Å²) in [6.07, 6.45) is 1.67. The number of amides is 2. The van der Waals surface area contributed by atoms with Crippen molar-refractivity contribution in [3.63, 3.8) is 0 Å². The lowest BCUT2D eigenvalue weighted by Crippen LogP contribution is -2.39. The summed E-state index contributed by atoms with van der Waals surface area (Å²) in [6, 6.07) is 9.11. The maximum absolute atomic E-state index is 12.7. The van der Waals surface area contributed by atoms with Crippen LogP contribution in [0.15, 0.2) is 46.4 Å². The third-order valence-corrected chi connectivity index (χ3v) is 5.17. The van der Waals surface area contributed by atoms with Crippen molar-refractivity contribution in [2.24, 2.45) is 0 Å². The van der Waals surface area contributed by atoms with Crippen molar-refractivity contribution in [2.45, 2.75) is 6.54 Å². The van der Waals surface area contributed by atoms with Gasteiger partial charge in [-0.2, -0.15) is 0 Å². The first-order valence-corrected chi connectivity index (χ1v) is 8.30. The van der Waals surface area contributed by atoms with Crippen LogP contribution in [0.2, 0.25) is 0 Å². The number of aromatic nitrogens is 1. The van der Waals surface area contributed by atoms with Crippen molar-refractivity contribution >= 4 is 49.9 Å². The zero-order chi connectivity index (χ0) is 15.3. The first-order valence-electron chi connectivity index (χ1n) is 6.62. The van der Waals surface area contributed by atoms with E-state index in [-0.39, 0.29) is 18.4 Å². The summed E-state index contributed by atoms with van der Waals surface area (Å²) in [5.74, 6) is -0.534. The molecule has 0 saturated heterocycles. The second kappa shape index (κ2) is 5.00. The standard InChI is InChI=1S/C16H9BrN2O2S/c17-12-5-4-11-14-9(12)2-1-3-10(14)15(20)19(16(11)21)8-13-18-6-7-22-13/h1-7H,8H2. The Morgan fingerprint density at radius 3 is 2.59 bits per heavy atom. The molecule has 2 aromatic carbocycles. The summed E-state index contributed by atoms with van der Waals surface area (Å²) in [5.41, 5.74) is 1.12. The van der Waals surface area contributed by atoms with E-state index < -0.39 is 0 Å². The van der Waals surface area contributed by atoms with Crippen LogP contribution in [0.25, 0.3) is 10.8 Å². The van der Waals surface area contributed by atoms with Gasteiger partial charge in [0, 0.05) is 32.6 Å². The normalized spacial score (nSPS) is 14.0. The van der Waals surface area contributed by atoms with Crippen LogP contribution in [0.1, 0.15) is 25.7 Å². The lowest BCUT2D eigenvalue weighted by atomic mass is 9.94. The Balaban J connectivity index is 1.91. The predicted octanol–water partition coefficient (Wildman–Crippen LogP) is 3.86. The van der Waals surface area contributed by atoms with Crippen LogP contribution in [0.3, 0.4) is 0 Å². The van der Waals surface area contributed by atoms with E-state index in [0.29, 0.717) is 11.1 Å². The van der Waals surface area contributed by atoms with E-state index in [4.69, 9.17) is 0 Å². The molecule has 0 aliphatic carbocycles. The highest BCUT2D eigenvalue weighted by molar-refractivity contribution is 9.10. The summed E-state index contributed by atoms with van der Waals surface area (Å²) in [5, 5.41) is 4.18. The summed E-state index contributed by atoms with van der Waals surface area (Å²) >= 11 is 4.91. The van der Waals surface area contributed by atoms with Gasteiger partial charge >= 0.3 is 0 Å². The topological polar surface area (TPSA) is 50.3 Å². The Kier molecular flexibility index (Phi) is 3.09. The molecule has 0 spiro atoms. The Morgan fingerprint density at radius 2 is 1.86 bits per heavy atom. The Bertz CT molecular complexity index is 899. The van der Waals surface area contributed by atoms with Gasteiger partial charge in [0.1, 0.15) is 5.01 Å². The largest absolute Gasteiger partial charge is 0.269 e. The fraction of sp³-hybridized carbons (Fsp3) is 0.0625. The Labute approximate surface area is 138 Å². The van der Waals surface area contributed by atoms with E-state index in [0.717, 1.165) is 20.3 Å². The van der Waals surface area contributed by atoms with E-state index in [1.165, 1.54) is 16.2 Å². The van der Waals surface area contributed by atoms with E-state index in [1.807, 2.05) is 23.6 Å². The number of carbonyl (C=O) groups is 2. The minimum atomic E-state index is -0.267. The maximum Gasteiger partial charge on any atom is 0.261 e. The van der Waals surface area contributed by atoms with Gasteiger partial charge in [-0.3, -0.25) is 14.5 Å². The minimum absolute atomic E-state index is 0.210. The molecule has 2 heterocycles. The number of hydrogen-bond donors (Lipinski definition) is 0. The highest BCUT2D eigenvalue weighted by Gasteiger charge is 2.33. The fourth-order valence-electron chi connectivity index (χ4n) is 2.72. The lowest BCUT2D eigenvalue weighted by Gasteiger charge is -2.26. The highest BCUT2D eigenvalue weighted by atomic mass is 79.9. The molecule has 1 aliphatic heterocycles. The zero-order valence-corrected chi connectivity index (χ0v) is 13.6. The van der Waals surface area contributed by atoms with Crippen LogP contribution in [0, 0.1) is 0 Å². The molecule has 6 heteroatoms. The van der Waals surface area contributed by atoms with Crippen LogP contribution < -0.4 is 0 Å². The van der Waals surface area contributed by atoms with E-state index in [9.17, 15) is 9.59 Å². The number of halogens is 1. The molecule has 2 amide bonds. The zero-order valence-electron chi connectivity index (χ0n) is 11.2. The van der Waals surface area contributed by atoms with Crippen molar-refractivity contribution in [1.29, 1.82) is 0 Å². The molecule has 108 valence electrons. The van der Waals surface area contributed by atoms with Crippen molar-refractivity contribution in [3.8, 4) is 0 Å². The first kappa shape index (κ1) is 13.6. The molecule has 0 bridgehead atoms. The predicted molar refractivity (Wildman–Crippen MR) is 88.0 cm³/mol. The number of nitrogens with zero attached hydrogens (tertiary/aromatic N) is 2. The van der Waals surface area contributed by atoms with Gasteiger partial charge < -0.3 is 0 Å². The van der Waals surface area contributed by atoms with Gasteiger partial charge in [-0.05, 0) is 23.6 Å². The molecule has 1 aromatic heterocycles. The molecule has 1 aliphatic rings. The minimum Gasteiger partial charge on any atom is -0.269 e. The van der Waals surface area contributed by atoms with E-state index in [2.05, 4.69) is 20.9 Å². The number of benzene rings is 2. The van der Waals surface area contributed by atoms with Gasteiger partial charge in [0.2, 0.25) is 0 Å². The van der Waals surface area contributed by atoms with Crippen LogP contribution in [-0.4, -0.2) is 21.7 Å².